The lowest BCUT2D eigenvalue weighted by Gasteiger charge is -2.04. The Morgan fingerprint density at radius 2 is 1.29 bits per heavy atom. The van der Waals surface area contributed by atoms with Gasteiger partial charge in [-0.1, -0.05) is 96.8 Å². The van der Waals surface area contributed by atoms with E-state index in [0.29, 0.717) is 6.42 Å². The largest absolute Gasteiger partial charge is 0.461 e. The SMILES string of the molecule is CCCCCCCCCCCCCCCCCC(=O)OCC(=O)c1ccco1. The number of ether oxygens (including phenoxy) is 1. The Morgan fingerprint density at radius 3 is 1.75 bits per heavy atom. The monoisotopic (exact) mass is 392 g/mol. The van der Waals surface area contributed by atoms with Crippen LogP contribution in [0.2, 0.25) is 0 Å². The topological polar surface area (TPSA) is 56.5 Å². The Bertz CT molecular complexity index is 493. The molecule has 0 spiro atoms. The number of carbonyl (C=O) groups excluding carboxylic acids is 2. The molecule has 0 amide bonds. The summed E-state index contributed by atoms with van der Waals surface area (Å²) in [4.78, 5) is 23.3. The minimum Gasteiger partial charge on any atom is -0.461 e. The van der Waals surface area contributed by atoms with Crippen molar-refractivity contribution in [2.75, 3.05) is 6.61 Å². The van der Waals surface area contributed by atoms with Gasteiger partial charge < -0.3 is 9.15 Å². The van der Waals surface area contributed by atoms with E-state index in [9.17, 15) is 9.59 Å². The molecule has 28 heavy (non-hydrogen) atoms. The first-order chi connectivity index (χ1) is 13.7. The van der Waals surface area contributed by atoms with Crippen LogP contribution in [0.4, 0.5) is 0 Å². The first kappa shape index (κ1) is 24.5. The maximum atomic E-state index is 11.7. The Balaban J connectivity index is 1.79. The van der Waals surface area contributed by atoms with Crippen LogP contribution >= 0.6 is 0 Å². The summed E-state index contributed by atoms with van der Waals surface area (Å²) in [6, 6.07) is 3.22. The van der Waals surface area contributed by atoms with Gasteiger partial charge in [-0.2, -0.15) is 0 Å². The molecule has 0 saturated carbocycles. The third-order valence-corrected chi connectivity index (χ3v) is 5.14. The molecular formula is C24H40O4. The highest BCUT2D eigenvalue weighted by atomic mass is 16.5. The summed E-state index contributed by atoms with van der Waals surface area (Å²) in [6.07, 6.45) is 21.3. The summed E-state index contributed by atoms with van der Waals surface area (Å²) in [5.41, 5.74) is 0. The quantitative estimate of drug-likeness (QED) is 0.141. The molecular weight excluding hydrogens is 352 g/mol. The van der Waals surface area contributed by atoms with E-state index >= 15 is 0 Å². The van der Waals surface area contributed by atoms with Crippen LogP contribution in [0.3, 0.4) is 0 Å². The smallest absolute Gasteiger partial charge is 0.306 e. The van der Waals surface area contributed by atoms with Crippen molar-refractivity contribution < 1.29 is 18.7 Å². The zero-order valence-electron chi connectivity index (χ0n) is 17.9. The predicted octanol–water partition coefficient (Wildman–Crippen LogP) is 7.27. The van der Waals surface area contributed by atoms with Crippen molar-refractivity contribution >= 4 is 11.8 Å². The van der Waals surface area contributed by atoms with Gasteiger partial charge in [0.1, 0.15) is 0 Å². The summed E-state index contributed by atoms with van der Waals surface area (Å²) in [6.45, 7) is 2.04. The summed E-state index contributed by atoms with van der Waals surface area (Å²) < 4.78 is 9.98. The van der Waals surface area contributed by atoms with Crippen LogP contribution in [0.15, 0.2) is 22.8 Å². The standard InChI is InChI=1S/C24H40O4/c1-2-3-4-5-6-7-8-9-10-11-12-13-14-15-16-19-24(26)28-21-22(25)23-18-17-20-27-23/h17-18,20H,2-16,19,21H2,1H3. The number of ketones is 1. The van der Waals surface area contributed by atoms with Crippen LogP contribution in [0.1, 0.15) is 120 Å². The second kappa shape index (κ2) is 17.5. The molecule has 0 radical (unpaired) electrons. The Kier molecular flexibility index (Phi) is 15.3. The van der Waals surface area contributed by atoms with Crippen molar-refractivity contribution in [3.8, 4) is 0 Å². The van der Waals surface area contributed by atoms with Gasteiger partial charge in [0.05, 0.1) is 6.26 Å². The maximum absolute atomic E-state index is 11.7. The lowest BCUT2D eigenvalue weighted by Crippen LogP contribution is -2.13. The number of carbonyl (C=O) groups is 2. The fourth-order valence-electron chi connectivity index (χ4n) is 3.37. The predicted molar refractivity (Wildman–Crippen MR) is 114 cm³/mol. The summed E-state index contributed by atoms with van der Waals surface area (Å²) >= 11 is 0. The van der Waals surface area contributed by atoms with E-state index in [2.05, 4.69) is 6.92 Å². The average Bonchev–Trinajstić information content (AvgIpc) is 3.24. The molecule has 0 aliphatic heterocycles. The molecule has 1 rings (SSSR count). The van der Waals surface area contributed by atoms with E-state index in [4.69, 9.17) is 9.15 Å². The Labute approximate surface area is 171 Å². The molecule has 0 saturated heterocycles. The normalized spacial score (nSPS) is 10.9. The molecule has 0 bridgehead atoms. The fourth-order valence-corrected chi connectivity index (χ4v) is 3.37. The van der Waals surface area contributed by atoms with E-state index < -0.39 is 0 Å². The van der Waals surface area contributed by atoms with E-state index in [-0.39, 0.29) is 24.1 Å². The van der Waals surface area contributed by atoms with Gasteiger partial charge in [0.15, 0.2) is 12.4 Å². The highest BCUT2D eigenvalue weighted by Crippen LogP contribution is 2.14. The minimum atomic E-state index is -0.297. The number of furan rings is 1. The van der Waals surface area contributed by atoms with Crippen molar-refractivity contribution in [2.45, 2.75) is 110 Å². The van der Waals surface area contributed by atoms with Crippen LogP contribution < -0.4 is 0 Å². The second-order valence-corrected chi connectivity index (χ2v) is 7.76. The third kappa shape index (κ3) is 13.6. The highest BCUT2D eigenvalue weighted by Gasteiger charge is 2.11. The van der Waals surface area contributed by atoms with Crippen molar-refractivity contribution in [3.05, 3.63) is 24.2 Å². The second-order valence-electron chi connectivity index (χ2n) is 7.76. The summed E-state index contributed by atoms with van der Waals surface area (Å²) in [5.74, 6) is -0.357. The zero-order chi connectivity index (χ0) is 20.3. The lowest BCUT2D eigenvalue weighted by molar-refractivity contribution is -0.142. The number of Topliss-reactive ketones (excluding diaryl/α,β-unsaturated/α-hetero) is 1. The van der Waals surface area contributed by atoms with E-state index in [0.717, 1.165) is 12.8 Å². The molecule has 1 aromatic rings. The van der Waals surface area contributed by atoms with Gasteiger partial charge in [0, 0.05) is 6.42 Å². The van der Waals surface area contributed by atoms with Crippen LogP contribution in [0, 0.1) is 0 Å². The summed E-state index contributed by atoms with van der Waals surface area (Å²) in [7, 11) is 0. The number of hydrogen-bond acceptors (Lipinski definition) is 4. The Hall–Kier alpha value is -1.58. The molecule has 0 aliphatic carbocycles. The van der Waals surface area contributed by atoms with Crippen molar-refractivity contribution in [1.29, 1.82) is 0 Å². The van der Waals surface area contributed by atoms with Gasteiger partial charge >= 0.3 is 5.97 Å². The van der Waals surface area contributed by atoms with Gasteiger partial charge in [-0.15, -0.1) is 0 Å². The van der Waals surface area contributed by atoms with Gasteiger partial charge in [-0.25, -0.2) is 0 Å². The van der Waals surface area contributed by atoms with Crippen LogP contribution in [-0.4, -0.2) is 18.4 Å². The van der Waals surface area contributed by atoms with Gasteiger partial charge in [-0.3, -0.25) is 9.59 Å². The maximum Gasteiger partial charge on any atom is 0.306 e. The minimum absolute atomic E-state index is 0.231. The highest BCUT2D eigenvalue weighted by molar-refractivity contribution is 5.95. The molecule has 4 nitrogen and oxygen atoms in total. The molecule has 0 aromatic carbocycles. The number of unbranched alkanes of at least 4 members (excludes halogenated alkanes) is 14. The average molecular weight is 393 g/mol. The molecule has 1 heterocycles. The van der Waals surface area contributed by atoms with Crippen molar-refractivity contribution in [1.82, 2.24) is 0 Å². The molecule has 0 aliphatic rings. The van der Waals surface area contributed by atoms with Crippen molar-refractivity contribution in [2.24, 2.45) is 0 Å². The van der Waals surface area contributed by atoms with Gasteiger partial charge in [0.25, 0.3) is 0 Å². The van der Waals surface area contributed by atoms with Crippen molar-refractivity contribution in [3.63, 3.8) is 0 Å². The van der Waals surface area contributed by atoms with Crippen LogP contribution in [-0.2, 0) is 9.53 Å². The molecule has 0 unspecified atom stereocenters. The first-order valence-corrected chi connectivity index (χ1v) is 11.5. The number of esters is 1. The van der Waals surface area contributed by atoms with Gasteiger partial charge in [0.2, 0.25) is 5.78 Å². The van der Waals surface area contributed by atoms with E-state index in [1.54, 1.807) is 12.1 Å². The molecule has 1 aromatic heterocycles. The molecule has 0 N–H and O–H groups in total. The van der Waals surface area contributed by atoms with Crippen LogP contribution in [0.5, 0.6) is 0 Å². The molecule has 0 fully saturated rings. The van der Waals surface area contributed by atoms with Gasteiger partial charge in [-0.05, 0) is 18.6 Å². The fraction of sp³-hybridized carbons (Fsp3) is 0.750. The molecule has 4 heteroatoms. The first-order valence-electron chi connectivity index (χ1n) is 11.5. The lowest BCUT2D eigenvalue weighted by atomic mass is 10.0. The van der Waals surface area contributed by atoms with E-state index in [1.165, 1.54) is 89.7 Å². The third-order valence-electron chi connectivity index (χ3n) is 5.14. The van der Waals surface area contributed by atoms with E-state index in [1.807, 2.05) is 0 Å². The van der Waals surface area contributed by atoms with Crippen LogP contribution in [0.25, 0.3) is 0 Å². The number of hydrogen-bond donors (Lipinski definition) is 0. The molecule has 0 atom stereocenters. The zero-order valence-corrected chi connectivity index (χ0v) is 17.9. The summed E-state index contributed by atoms with van der Waals surface area (Å²) in [5, 5.41) is 0. The molecule has 160 valence electrons. The Morgan fingerprint density at radius 1 is 0.786 bits per heavy atom. The number of rotatable bonds is 19.